The van der Waals surface area contributed by atoms with Crippen LogP contribution in [0.1, 0.15) is 63.8 Å². The molecule has 7 N–H and O–H groups in total. The van der Waals surface area contributed by atoms with Crippen LogP contribution in [0.4, 0.5) is 0 Å². The largest absolute Gasteiger partial charge is 0.504 e. The lowest BCUT2D eigenvalue weighted by Crippen LogP contribution is -2.88. The molecule has 15 heteroatoms. The molecular formula is C28H22O15. The number of fused-ring (bicyclic) bond motifs is 3. The zero-order valence-corrected chi connectivity index (χ0v) is 22.2. The zero-order chi connectivity index (χ0) is 30.8. The quantitative estimate of drug-likeness (QED) is 0.207. The number of phenolic OH excluding ortho intramolecular Hbond substituents is 2. The van der Waals surface area contributed by atoms with E-state index in [4.69, 9.17) is 23.4 Å². The van der Waals surface area contributed by atoms with E-state index >= 15 is 0 Å². The van der Waals surface area contributed by atoms with Gasteiger partial charge in [-0.05, 0) is 20.3 Å². The molecule has 0 amide bonds. The summed E-state index contributed by atoms with van der Waals surface area (Å²) in [6, 6.07) is 1.87. The Morgan fingerprint density at radius 1 is 0.930 bits per heavy atom. The second kappa shape index (κ2) is 7.14. The van der Waals surface area contributed by atoms with Gasteiger partial charge in [-0.3, -0.25) is 4.79 Å². The minimum absolute atomic E-state index is 0.154. The molecule has 15 nitrogen and oxygen atoms in total. The van der Waals surface area contributed by atoms with Crippen molar-refractivity contribution >= 4 is 22.9 Å². The Morgan fingerprint density at radius 3 is 2.26 bits per heavy atom. The number of benzene rings is 2. The summed E-state index contributed by atoms with van der Waals surface area (Å²) in [5.74, 6) is -14.6. The maximum absolute atomic E-state index is 14.2. The molecule has 6 atom stereocenters. The number of ether oxygens (including phenoxy) is 4. The van der Waals surface area contributed by atoms with Crippen LogP contribution < -0.4 is 10.2 Å². The van der Waals surface area contributed by atoms with Crippen molar-refractivity contribution in [3.05, 3.63) is 50.4 Å². The molecule has 0 saturated carbocycles. The third-order valence-corrected chi connectivity index (χ3v) is 9.64. The van der Waals surface area contributed by atoms with Crippen molar-refractivity contribution in [2.75, 3.05) is 6.61 Å². The van der Waals surface area contributed by atoms with Gasteiger partial charge in [-0.2, -0.15) is 0 Å². The van der Waals surface area contributed by atoms with E-state index in [0.29, 0.717) is 0 Å². The first-order chi connectivity index (χ1) is 20.0. The topological polar surface area (TPSA) is 243 Å². The molecule has 6 bridgehead atoms. The molecule has 1 aliphatic carbocycles. The number of carboxylic acids is 2. The predicted octanol–water partition coefficient (Wildman–Crippen LogP) is 1.53. The number of aromatic carboxylic acids is 2. The Bertz CT molecular complexity index is 1960. The zero-order valence-electron chi connectivity index (χ0n) is 22.2. The van der Waals surface area contributed by atoms with Crippen LogP contribution in [0.25, 0.3) is 11.0 Å². The number of aliphatic hydroxyl groups is 1. The summed E-state index contributed by atoms with van der Waals surface area (Å²) in [5.41, 5.74) is -7.27. The van der Waals surface area contributed by atoms with Crippen molar-refractivity contribution in [2.24, 2.45) is 5.41 Å². The van der Waals surface area contributed by atoms with Gasteiger partial charge in [0.25, 0.3) is 0 Å². The molecule has 2 aromatic carbocycles. The molecule has 6 unspecified atom stereocenters. The molecule has 4 fully saturated rings. The molecule has 9 rings (SSSR count). The number of hydrogen-bond acceptors (Lipinski definition) is 13. The average Bonchev–Trinajstić information content (AvgIpc) is 2.87. The molecule has 6 heterocycles. The van der Waals surface area contributed by atoms with Gasteiger partial charge < -0.3 is 59.1 Å². The second-order valence-electron chi connectivity index (χ2n) is 12.0. The molecule has 4 saturated heterocycles. The molecular weight excluding hydrogens is 576 g/mol. The minimum atomic E-state index is -2.21. The van der Waals surface area contributed by atoms with Crippen LogP contribution in [0.15, 0.2) is 21.3 Å². The van der Waals surface area contributed by atoms with Crippen molar-refractivity contribution in [3.63, 3.8) is 0 Å². The van der Waals surface area contributed by atoms with Crippen LogP contribution in [-0.4, -0.2) is 71.7 Å². The van der Waals surface area contributed by atoms with Crippen molar-refractivity contribution < 1.29 is 68.7 Å². The van der Waals surface area contributed by atoms with E-state index in [1.807, 2.05) is 0 Å². The third kappa shape index (κ3) is 2.60. The van der Waals surface area contributed by atoms with Gasteiger partial charge in [-0.25, -0.2) is 9.59 Å². The summed E-state index contributed by atoms with van der Waals surface area (Å²) in [6.45, 7) is 2.49. The second-order valence-corrected chi connectivity index (χ2v) is 12.0. The number of rotatable bonds is 2. The molecule has 0 radical (unpaired) electrons. The van der Waals surface area contributed by atoms with Gasteiger partial charge in [0, 0.05) is 23.3 Å². The van der Waals surface area contributed by atoms with E-state index in [2.05, 4.69) is 0 Å². The molecule has 5 aliphatic heterocycles. The summed E-state index contributed by atoms with van der Waals surface area (Å²) in [4.78, 5) is 39.0. The average molecular weight is 598 g/mol. The fraction of sp³-hybridized carbons (Fsp3) is 0.393. The fourth-order valence-corrected chi connectivity index (χ4v) is 8.38. The smallest absolute Gasteiger partial charge is 0.340 e. The van der Waals surface area contributed by atoms with E-state index in [1.54, 1.807) is 0 Å². The maximum Gasteiger partial charge on any atom is 0.340 e. The van der Waals surface area contributed by atoms with Crippen LogP contribution in [0, 0.1) is 5.41 Å². The van der Waals surface area contributed by atoms with Crippen LogP contribution in [0.3, 0.4) is 0 Å². The highest BCUT2D eigenvalue weighted by Crippen LogP contribution is 2.79. The molecule has 43 heavy (non-hydrogen) atoms. The highest BCUT2D eigenvalue weighted by atomic mass is 16.9. The molecule has 224 valence electrons. The summed E-state index contributed by atoms with van der Waals surface area (Å²) < 4.78 is 31.2. The normalized spacial score (nSPS) is 36.0. The minimum Gasteiger partial charge on any atom is -0.504 e. The Kier molecular flexibility index (Phi) is 4.33. The van der Waals surface area contributed by atoms with Gasteiger partial charge in [0.05, 0.1) is 17.2 Å². The summed E-state index contributed by atoms with van der Waals surface area (Å²) in [7, 11) is 0. The fourth-order valence-electron chi connectivity index (χ4n) is 8.38. The van der Waals surface area contributed by atoms with Crippen molar-refractivity contribution in [3.8, 4) is 28.7 Å². The van der Waals surface area contributed by atoms with E-state index in [0.717, 1.165) is 12.1 Å². The number of carbonyl (C=O) groups is 2. The molecule has 6 aliphatic rings. The maximum atomic E-state index is 14.2. The Hall–Kier alpha value is -4.57. The number of phenols is 4. The van der Waals surface area contributed by atoms with Gasteiger partial charge in [0.1, 0.15) is 46.3 Å². The van der Waals surface area contributed by atoms with Gasteiger partial charge in [0.2, 0.25) is 0 Å². The van der Waals surface area contributed by atoms with Gasteiger partial charge in [-0.1, -0.05) is 0 Å². The first kappa shape index (κ1) is 26.1. The highest BCUT2D eigenvalue weighted by Gasteiger charge is 2.88. The summed E-state index contributed by atoms with van der Waals surface area (Å²) >= 11 is 0. The van der Waals surface area contributed by atoms with Crippen LogP contribution in [-0.2, 0) is 26.2 Å². The molecule has 1 aromatic heterocycles. The number of carboxylic acid groups (broad SMARTS) is 2. The predicted molar refractivity (Wildman–Crippen MR) is 135 cm³/mol. The van der Waals surface area contributed by atoms with Gasteiger partial charge in [0.15, 0.2) is 45.8 Å². The van der Waals surface area contributed by atoms with Crippen LogP contribution >= 0.6 is 0 Å². The SMILES string of the molecule is CC12CC3(O)OC(C)(O1)C1c4oc5cc(O)c(O)c(C(=O)O)c5c(=O)c4CC34COc3cc(O)c(O)c(C(=O)O)c3C14O2. The lowest BCUT2D eigenvalue weighted by molar-refractivity contribution is -0.601. The number of hydrogen-bond donors (Lipinski definition) is 7. The van der Waals surface area contributed by atoms with Crippen molar-refractivity contribution in [2.45, 2.75) is 55.6 Å². The Labute approximate surface area is 238 Å². The summed E-state index contributed by atoms with van der Waals surface area (Å²) in [5, 5.41) is 73.7. The Morgan fingerprint density at radius 2 is 1.58 bits per heavy atom. The Balaban J connectivity index is 1.57. The van der Waals surface area contributed by atoms with E-state index in [1.165, 1.54) is 13.8 Å². The van der Waals surface area contributed by atoms with Gasteiger partial charge >= 0.3 is 11.9 Å². The first-order valence-electron chi connectivity index (χ1n) is 13.1. The molecule has 3 aromatic rings. The third-order valence-electron chi connectivity index (χ3n) is 9.64. The summed E-state index contributed by atoms with van der Waals surface area (Å²) in [6.07, 6.45) is -0.793. The highest BCUT2D eigenvalue weighted by molar-refractivity contribution is 6.06. The van der Waals surface area contributed by atoms with Crippen LogP contribution in [0.2, 0.25) is 0 Å². The first-order valence-corrected chi connectivity index (χ1v) is 13.1. The lowest BCUT2D eigenvalue weighted by atomic mass is 9.45. The van der Waals surface area contributed by atoms with Gasteiger partial charge in [-0.15, -0.1) is 0 Å². The monoisotopic (exact) mass is 598 g/mol. The van der Waals surface area contributed by atoms with Crippen LogP contribution in [0.5, 0.6) is 28.7 Å². The number of aromatic hydroxyl groups is 4. The van der Waals surface area contributed by atoms with E-state index < -0.39 is 110 Å². The van der Waals surface area contributed by atoms with E-state index in [-0.39, 0.29) is 29.1 Å². The van der Waals surface area contributed by atoms with E-state index in [9.17, 15) is 50.1 Å². The van der Waals surface area contributed by atoms with Crippen molar-refractivity contribution in [1.29, 1.82) is 0 Å². The van der Waals surface area contributed by atoms with Crippen molar-refractivity contribution in [1.82, 2.24) is 0 Å². The lowest BCUT2D eigenvalue weighted by Gasteiger charge is -2.77. The standard InChI is InChI=1S/C28H22O15/c1-24-6-27(38)26-5-8-17(31)13-11(3-9(29)18(32)14(13)22(34)35)40-20(8)21(25(2,41-24)43-27)28(26,42-24)16-12(39-7-26)4-10(30)19(33)15(16)23(36)37/h3-4,21,29-30,32-33,38H,5-7H2,1-2H3,(H,34,35)(H,36,37). The molecule has 1 spiro atoms.